The Morgan fingerprint density at radius 3 is 2.54 bits per heavy atom. The smallest absolute Gasteiger partial charge is 0.162 e. The molecule has 0 unspecified atom stereocenters. The van der Waals surface area contributed by atoms with Crippen molar-refractivity contribution in [3.8, 4) is 17.0 Å². The maximum absolute atomic E-state index is 6.47. The van der Waals surface area contributed by atoms with Crippen LogP contribution in [0.15, 0.2) is 42.5 Å². The van der Waals surface area contributed by atoms with Crippen LogP contribution in [0, 0.1) is 20.8 Å². The second kappa shape index (κ2) is 10.1. The fourth-order valence-electron chi connectivity index (χ4n) is 5.22. The van der Waals surface area contributed by atoms with Gasteiger partial charge in [-0.3, -0.25) is 4.90 Å². The lowest BCUT2D eigenvalue weighted by Crippen LogP contribution is -2.35. The number of rotatable bonds is 6. The summed E-state index contributed by atoms with van der Waals surface area (Å²) in [5, 5.41) is 13.5. The lowest BCUT2D eigenvalue weighted by Gasteiger charge is -2.25. The second-order valence-corrected chi connectivity index (χ2v) is 9.99. The molecule has 192 valence electrons. The molecule has 0 radical (unpaired) electrons. The Morgan fingerprint density at radius 1 is 0.973 bits per heavy atom. The Hall–Kier alpha value is -3.56. The van der Waals surface area contributed by atoms with Gasteiger partial charge in [0.1, 0.15) is 6.10 Å². The molecule has 4 aromatic rings. The molecule has 1 atom stereocenters. The van der Waals surface area contributed by atoms with Crippen molar-refractivity contribution in [2.24, 2.45) is 0 Å². The zero-order chi connectivity index (χ0) is 25.4. The Balaban J connectivity index is 1.09. The fraction of sp³-hybridized carbons (Fsp3) is 0.429. The lowest BCUT2D eigenvalue weighted by atomic mass is 10.1. The predicted octanol–water partition coefficient (Wildman–Crippen LogP) is 3.60. The van der Waals surface area contributed by atoms with Crippen molar-refractivity contribution in [2.75, 3.05) is 44.3 Å². The van der Waals surface area contributed by atoms with E-state index in [-0.39, 0.29) is 6.10 Å². The molecule has 0 amide bonds. The molecule has 0 spiro atoms. The average Bonchev–Trinajstić information content (AvgIpc) is 3.54. The summed E-state index contributed by atoms with van der Waals surface area (Å²) in [6.45, 7) is 12.1. The van der Waals surface area contributed by atoms with Gasteiger partial charge >= 0.3 is 0 Å². The first-order valence-corrected chi connectivity index (χ1v) is 13.0. The first kappa shape index (κ1) is 23.8. The normalized spacial score (nSPS) is 18.6. The number of hydrogen-bond donors (Lipinski definition) is 0. The molecule has 0 aliphatic carbocycles. The SMILES string of the molecule is Cc1cc2nc(C)c(O[C@@H]3CCN(c4ccc(-c5ccc(CN6CCOCC6)nn5)cc4)C3)c(C)n2n1. The van der Waals surface area contributed by atoms with E-state index in [9.17, 15) is 0 Å². The number of aromatic nitrogens is 5. The number of ether oxygens (including phenoxy) is 2. The van der Waals surface area contributed by atoms with Gasteiger partial charge in [-0.1, -0.05) is 12.1 Å². The van der Waals surface area contributed by atoms with Gasteiger partial charge in [0.25, 0.3) is 0 Å². The molecule has 9 nitrogen and oxygen atoms in total. The molecule has 5 heterocycles. The highest BCUT2D eigenvalue weighted by molar-refractivity contribution is 5.63. The molecule has 3 aromatic heterocycles. The van der Waals surface area contributed by atoms with E-state index in [0.717, 1.165) is 97.8 Å². The van der Waals surface area contributed by atoms with Crippen LogP contribution >= 0.6 is 0 Å². The fourth-order valence-corrected chi connectivity index (χ4v) is 5.22. The number of fused-ring (bicyclic) bond motifs is 1. The van der Waals surface area contributed by atoms with Crippen LogP contribution in [0.3, 0.4) is 0 Å². The minimum absolute atomic E-state index is 0.109. The number of nitrogens with zero attached hydrogens (tertiary/aromatic N) is 7. The third kappa shape index (κ3) is 5.01. The van der Waals surface area contributed by atoms with E-state index in [1.165, 1.54) is 5.69 Å². The van der Waals surface area contributed by atoms with E-state index in [4.69, 9.17) is 14.5 Å². The van der Waals surface area contributed by atoms with E-state index in [2.05, 4.69) is 61.5 Å². The monoisotopic (exact) mass is 499 g/mol. The van der Waals surface area contributed by atoms with Crippen LogP contribution in [0.25, 0.3) is 16.9 Å². The molecular weight excluding hydrogens is 466 g/mol. The van der Waals surface area contributed by atoms with Gasteiger partial charge < -0.3 is 14.4 Å². The van der Waals surface area contributed by atoms with Gasteiger partial charge in [0.05, 0.1) is 48.2 Å². The van der Waals surface area contributed by atoms with Crippen molar-refractivity contribution in [2.45, 2.75) is 39.8 Å². The van der Waals surface area contributed by atoms with Crippen LogP contribution in [0.1, 0.15) is 29.2 Å². The summed E-state index contributed by atoms with van der Waals surface area (Å²) in [6.07, 6.45) is 1.07. The standard InChI is InChI=1S/C28H33N7O2/c1-19-16-27-29-20(2)28(21(3)35(27)32-19)37-25-10-11-34(18-25)24-7-4-22(5-8-24)26-9-6-23(30-31-26)17-33-12-14-36-15-13-33/h4-9,16,25H,10-15,17-18H2,1-3H3/t25-/m1/s1. The quantitative estimate of drug-likeness (QED) is 0.398. The Bertz CT molecular complexity index is 1380. The molecule has 0 bridgehead atoms. The minimum Gasteiger partial charge on any atom is -0.485 e. The number of aryl methyl sites for hydroxylation is 3. The van der Waals surface area contributed by atoms with E-state index < -0.39 is 0 Å². The number of hydrogen-bond acceptors (Lipinski definition) is 8. The van der Waals surface area contributed by atoms with Gasteiger partial charge in [-0.05, 0) is 45.0 Å². The van der Waals surface area contributed by atoms with Crippen molar-refractivity contribution >= 4 is 11.3 Å². The van der Waals surface area contributed by atoms with Gasteiger partial charge in [0.15, 0.2) is 11.4 Å². The van der Waals surface area contributed by atoms with Crippen LogP contribution in [0.5, 0.6) is 5.75 Å². The molecule has 2 saturated heterocycles. The highest BCUT2D eigenvalue weighted by atomic mass is 16.5. The zero-order valence-corrected chi connectivity index (χ0v) is 21.7. The highest BCUT2D eigenvalue weighted by Crippen LogP contribution is 2.29. The molecule has 0 N–H and O–H groups in total. The lowest BCUT2D eigenvalue weighted by molar-refractivity contribution is 0.0335. The maximum atomic E-state index is 6.47. The van der Waals surface area contributed by atoms with E-state index in [1.54, 1.807) is 0 Å². The Labute approximate surface area is 217 Å². The summed E-state index contributed by atoms with van der Waals surface area (Å²) >= 11 is 0. The summed E-state index contributed by atoms with van der Waals surface area (Å²) in [7, 11) is 0. The molecule has 9 heteroatoms. The van der Waals surface area contributed by atoms with Gasteiger partial charge in [-0.15, -0.1) is 0 Å². The number of benzene rings is 1. The average molecular weight is 500 g/mol. The third-order valence-corrected chi connectivity index (χ3v) is 7.24. The Morgan fingerprint density at radius 2 is 1.78 bits per heavy atom. The van der Waals surface area contributed by atoms with Crippen molar-refractivity contribution in [3.63, 3.8) is 0 Å². The summed E-state index contributed by atoms with van der Waals surface area (Å²) in [4.78, 5) is 9.42. The van der Waals surface area contributed by atoms with Crippen molar-refractivity contribution in [1.82, 2.24) is 29.7 Å². The molecular formula is C28H33N7O2. The van der Waals surface area contributed by atoms with E-state index in [1.807, 2.05) is 31.4 Å². The van der Waals surface area contributed by atoms with Gasteiger partial charge in [-0.2, -0.15) is 15.3 Å². The molecule has 37 heavy (non-hydrogen) atoms. The van der Waals surface area contributed by atoms with Gasteiger partial charge in [0.2, 0.25) is 0 Å². The van der Waals surface area contributed by atoms with Crippen LogP contribution in [0.4, 0.5) is 5.69 Å². The predicted molar refractivity (Wildman–Crippen MR) is 142 cm³/mol. The Kier molecular flexibility index (Phi) is 6.48. The molecule has 6 rings (SSSR count). The molecule has 0 saturated carbocycles. The van der Waals surface area contributed by atoms with Gasteiger partial charge in [-0.25, -0.2) is 9.50 Å². The van der Waals surface area contributed by atoms with Crippen LogP contribution in [-0.4, -0.2) is 75.2 Å². The van der Waals surface area contributed by atoms with Crippen LogP contribution in [0.2, 0.25) is 0 Å². The summed E-state index contributed by atoms with van der Waals surface area (Å²) < 4.78 is 13.8. The maximum Gasteiger partial charge on any atom is 0.162 e. The topological polar surface area (TPSA) is 80.9 Å². The van der Waals surface area contributed by atoms with E-state index >= 15 is 0 Å². The zero-order valence-electron chi connectivity index (χ0n) is 21.7. The molecule has 2 aliphatic rings. The van der Waals surface area contributed by atoms with Crippen LogP contribution in [-0.2, 0) is 11.3 Å². The summed E-state index contributed by atoms with van der Waals surface area (Å²) in [5.74, 6) is 0.841. The van der Waals surface area contributed by atoms with Crippen molar-refractivity contribution in [1.29, 1.82) is 0 Å². The largest absolute Gasteiger partial charge is 0.485 e. The minimum atomic E-state index is 0.109. The summed E-state index contributed by atoms with van der Waals surface area (Å²) in [5.41, 5.74) is 7.87. The number of morpholine rings is 1. The second-order valence-electron chi connectivity index (χ2n) is 9.99. The first-order chi connectivity index (χ1) is 18.0. The third-order valence-electron chi connectivity index (χ3n) is 7.24. The first-order valence-electron chi connectivity index (χ1n) is 13.0. The van der Waals surface area contributed by atoms with Crippen molar-refractivity contribution < 1.29 is 9.47 Å². The summed E-state index contributed by atoms with van der Waals surface area (Å²) in [6, 6.07) is 14.7. The van der Waals surface area contributed by atoms with Crippen LogP contribution < -0.4 is 9.64 Å². The molecule has 2 fully saturated rings. The highest BCUT2D eigenvalue weighted by Gasteiger charge is 2.26. The number of anilines is 1. The molecule has 1 aromatic carbocycles. The van der Waals surface area contributed by atoms with Gasteiger partial charge in [0, 0.05) is 49.9 Å². The molecule has 2 aliphatic heterocycles. The van der Waals surface area contributed by atoms with Crippen molar-refractivity contribution in [3.05, 3.63) is 65.2 Å². The van der Waals surface area contributed by atoms with E-state index in [0.29, 0.717) is 0 Å².